The van der Waals surface area contributed by atoms with Gasteiger partial charge in [0.05, 0.1) is 8.07 Å². The van der Waals surface area contributed by atoms with Gasteiger partial charge in [-0.05, 0) is 87.8 Å². The summed E-state index contributed by atoms with van der Waals surface area (Å²) in [6, 6.07) is 11.3. The first-order valence-corrected chi connectivity index (χ1v) is 18.2. The number of benzene rings is 1. The molecular formula is C28H36S3Si. The SMILES string of the molecule is CC1=CC2C3C=C(C)SC3C([Si](C)(C)C3C(C)CC4C(c5ccccc5)=C(C)SC43)C2S1. The van der Waals surface area contributed by atoms with E-state index in [1.165, 1.54) is 12.0 Å². The number of hydrogen-bond acceptors (Lipinski definition) is 3. The number of rotatable bonds is 3. The van der Waals surface area contributed by atoms with Crippen molar-refractivity contribution in [3.8, 4) is 0 Å². The van der Waals surface area contributed by atoms with Crippen LogP contribution in [0.1, 0.15) is 39.7 Å². The summed E-state index contributed by atoms with van der Waals surface area (Å²) in [5.41, 5.74) is 5.00. The maximum Gasteiger partial charge on any atom is 0.0575 e. The van der Waals surface area contributed by atoms with Crippen molar-refractivity contribution in [1.29, 1.82) is 0 Å². The molecule has 2 saturated carbocycles. The highest BCUT2D eigenvalue weighted by Crippen LogP contribution is 2.70. The van der Waals surface area contributed by atoms with Gasteiger partial charge in [-0.15, -0.1) is 35.3 Å². The van der Waals surface area contributed by atoms with E-state index in [9.17, 15) is 0 Å². The van der Waals surface area contributed by atoms with Gasteiger partial charge < -0.3 is 0 Å². The van der Waals surface area contributed by atoms with Crippen LogP contribution in [0.2, 0.25) is 24.2 Å². The molecule has 0 nitrogen and oxygen atoms in total. The lowest BCUT2D eigenvalue weighted by Crippen LogP contribution is -2.48. The van der Waals surface area contributed by atoms with Crippen LogP contribution >= 0.6 is 35.3 Å². The zero-order chi connectivity index (χ0) is 22.4. The van der Waals surface area contributed by atoms with E-state index < -0.39 is 8.07 Å². The quantitative estimate of drug-likeness (QED) is 0.383. The molecule has 2 fully saturated rings. The van der Waals surface area contributed by atoms with Crippen LogP contribution < -0.4 is 0 Å². The average molecular weight is 497 g/mol. The minimum atomic E-state index is -1.53. The molecule has 3 aliphatic heterocycles. The molecule has 0 amide bonds. The molecule has 170 valence electrons. The van der Waals surface area contributed by atoms with Crippen LogP contribution in [0.5, 0.6) is 0 Å². The van der Waals surface area contributed by atoms with Crippen molar-refractivity contribution in [3.05, 3.63) is 62.8 Å². The largest absolute Gasteiger partial charge is 0.127 e. The second kappa shape index (κ2) is 7.86. The molecule has 6 rings (SSSR count). The molecule has 3 heterocycles. The number of hydrogen-bond donors (Lipinski definition) is 0. The summed E-state index contributed by atoms with van der Waals surface area (Å²) in [5, 5.41) is 2.48. The molecule has 8 unspecified atom stereocenters. The normalized spacial score (nSPS) is 42.8. The molecule has 1 aromatic carbocycles. The Morgan fingerprint density at radius 1 is 0.781 bits per heavy atom. The fraction of sp³-hybridized carbons (Fsp3) is 0.571. The lowest BCUT2D eigenvalue weighted by Gasteiger charge is -2.45. The van der Waals surface area contributed by atoms with Gasteiger partial charge in [0, 0.05) is 15.7 Å². The average Bonchev–Trinajstić information content (AvgIpc) is 3.47. The fourth-order valence-corrected chi connectivity index (χ4v) is 21.9. The summed E-state index contributed by atoms with van der Waals surface area (Å²) in [5.74, 6) is 3.18. The number of allylic oxidation sites excluding steroid dienone is 6. The topological polar surface area (TPSA) is 0 Å². The molecular weight excluding hydrogens is 461 g/mol. The van der Waals surface area contributed by atoms with Gasteiger partial charge in [-0.2, -0.15) is 0 Å². The Labute approximate surface area is 208 Å². The van der Waals surface area contributed by atoms with Gasteiger partial charge in [-0.25, -0.2) is 0 Å². The molecule has 2 aliphatic carbocycles. The van der Waals surface area contributed by atoms with Gasteiger partial charge in [0.25, 0.3) is 0 Å². The van der Waals surface area contributed by atoms with E-state index >= 15 is 0 Å². The van der Waals surface area contributed by atoms with Crippen LogP contribution in [0.15, 0.2) is 57.2 Å². The Balaban J connectivity index is 1.34. The number of fused-ring (bicyclic) bond motifs is 4. The van der Waals surface area contributed by atoms with Gasteiger partial charge in [-0.3, -0.25) is 0 Å². The van der Waals surface area contributed by atoms with Gasteiger partial charge >= 0.3 is 0 Å². The molecule has 4 heteroatoms. The molecule has 0 N–H and O–H groups in total. The van der Waals surface area contributed by atoms with Crippen LogP contribution in [0.25, 0.3) is 5.57 Å². The summed E-state index contributed by atoms with van der Waals surface area (Å²) in [6.07, 6.45) is 6.69. The van der Waals surface area contributed by atoms with Gasteiger partial charge in [0.15, 0.2) is 0 Å². The van der Waals surface area contributed by atoms with Crippen LogP contribution in [0, 0.1) is 23.7 Å². The van der Waals surface area contributed by atoms with Crippen LogP contribution in [-0.4, -0.2) is 23.8 Å². The monoisotopic (exact) mass is 496 g/mol. The molecule has 0 spiro atoms. The molecule has 5 aliphatic rings. The Morgan fingerprint density at radius 3 is 1.97 bits per heavy atom. The third kappa shape index (κ3) is 3.18. The second-order valence-electron chi connectivity index (χ2n) is 11.5. The van der Waals surface area contributed by atoms with Crippen molar-refractivity contribution in [2.45, 2.75) is 74.0 Å². The Morgan fingerprint density at radius 2 is 1.38 bits per heavy atom. The van der Waals surface area contributed by atoms with Gasteiger partial charge in [0.2, 0.25) is 0 Å². The second-order valence-corrected chi connectivity index (χ2v) is 20.7. The lowest BCUT2D eigenvalue weighted by atomic mass is 9.90. The lowest BCUT2D eigenvalue weighted by molar-refractivity contribution is 0.573. The highest BCUT2D eigenvalue weighted by molar-refractivity contribution is 8.05. The van der Waals surface area contributed by atoms with E-state index in [0.717, 1.165) is 50.5 Å². The van der Waals surface area contributed by atoms with E-state index in [2.05, 4.69) is 119 Å². The smallest absolute Gasteiger partial charge is 0.0575 e. The van der Waals surface area contributed by atoms with Crippen molar-refractivity contribution in [2.24, 2.45) is 23.7 Å². The molecule has 0 aromatic heterocycles. The molecule has 8 atom stereocenters. The predicted octanol–water partition coefficient (Wildman–Crippen LogP) is 8.92. The predicted molar refractivity (Wildman–Crippen MR) is 150 cm³/mol. The highest BCUT2D eigenvalue weighted by Gasteiger charge is 2.63. The van der Waals surface area contributed by atoms with Crippen LogP contribution in [0.3, 0.4) is 0 Å². The minimum absolute atomic E-state index is 0.759. The molecule has 0 saturated heterocycles. The molecule has 1 aromatic rings. The minimum Gasteiger partial charge on any atom is -0.127 e. The first-order valence-electron chi connectivity index (χ1n) is 12.4. The summed E-state index contributed by atoms with van der Waals surface area (Å²) in [4.78, 5) is 4.79. The van der Waals surface area contributed by atoms with Crippen LogP contribution in [0.4, 0.5) is 0 Å². The zero-order valence-electron chi connectivity index (χ0n) is 20.2. The third-order valence-electron chi connectivity index (χ3n) is 9.26. The van der Waals surface area contributed by atoms with Gasteiger partial charge in [-0.1, -0.05) is 62.5 Å². The molecule has 0 radical (unpaired) electrons. The van der Waals surface area contributed by atoms with E-state index in [1.54, 1.807) is 20.3 Å². The first kappa shape index (κ1) is 22.2. The Kier molecular flexibility index (Phi) is 5.45. The van der Waals surface area contributed by atoms with Crippen molar-refractivity contribution in [1.82, 2.24) is 0 Å². The Bertz CT molecular complexity index is 990. The van der Waals surface area contributed by atoms with Crippen molar-refractivity contribution in [3.63, 3.8) is 0 Å². The summed E-state index contributed by atoms with van der Waals surface area (Å²) in [6.45, 7) is 15.4. The zero-order valence-corrected chi connectivity index (χ0v) is 23.6. The van der Waals surface area contributed by atoms with E-state index in [-0.39, 0.29) is 0 Å². The third-order valence-corrected chi connectivity index (χ3v) is 19.3. The van der Waals surface area contributed by atoms with E-state index in [4.69, 9.17) is 0 Å². The Hall–Kier alpha value is -0.293. The van der Waals surface area contributed by atoms with Crippen molar-refractivity contribution < 1.29 is 0 Å². The molecule has 0 bridgehead atoms. The molecule has 32 heavy (non-hydrogen) atoms. The van der Waals surface area contributed by atoms with Crippen molar-refractivity contribution >= 4 is 48.9 Å². The summed E-state index contributed by atoms with van der Waals surface area (Å²) in [7, 11) is -1.53. The van der Waals surface area contributed by atoms with Crippen LogP contribution in [-0.2, 0) is 0 Å². The number of thioether (sulfide) groups is 3. The van der Waals surface area contributed by atoms with E-state index in [1.807, 2.05) is 0 Å². The van der Waals surface area contributed by atoms with Gasteiger partial charge in [0.1, 0.15) is 0 Å². The standard InChI is InChI=1S/C28H36S3Si/c1-15-12-22-23(19-10-8-7-9-11-19)18(4)31-26(22)27(15)32(5,6)28-24-20(13-16(2)29-24)21-14-17(3)30-25(21)28/h7-11,13-15,20-22,24-28H,12H2,1-6H3. The summed E-state index contributed by atoms with van der Waals surface area (Å²) >= 11 is 6.76. The van der Waals surface area contributed by atoms with Crippen molar-refractivity contribution in [2.75, 3.05) is 0 Å². The van der Waals surface area contributed by atoms with E-state index in [0.29, 0.717) is 0 Å². The highest BCUT2D eigenvalue weighted by atomic mass is 32.2. The maximum atomic E-state index is 2.81. The first-order chi connectivity index (χ1) is 15.3. The fourth-order valence-electron chi connectivity index (χ4n) is 8.35. The maximum absolute atomic E-state index is 2.81. The summed E-state index contributed by atoms with van der Waals surface area (Å²) < 4.78 is 0.